The molecule has 0 aliphatic carbocycles. The van der Waals surface area contributed by atoms with Gasteiger partial charge in [-0.3, -0.25) is 4.90 Å². The second kappa shape index (κ2) is 6.72. The van der Waals surface area contributed by atoms with Crippen LogP contribution < -0.4 is 5.73 Å². The van der Waals surface area contributed by atoms with E-state index < -0.39 is 17.6 Å². The zero-order valence-electron chi connectivity index (χ0n) is 11.5. The Morgan fingerprint density at radius 1 is 1.33 bits per heavy atom. The van der Waals surface area contributed by atoms with Gasteiger partial charge in [0, 0.05) is 19.6 Å². The predicted octanol–water partition coefficient (Wildman–Crippen LogP) is 2.39. The van der Waals surface area contributed by atoms with Crippen molar-refractivity contribution in [2.24, 2.45) is 5.73 Å². The fraction of sp³-hybridized carbons (Fsp3) is 0.571. The van der Waals surface area contributed by atoms with Crippen LogP contribution in [0.25, 0.3) is 0 Å². The van der Waals surface area contributed by atoms with Crippen molar-refractivity contribution in [2.75, 3.05) is 26.2 Å². The lowest BCUT2D eigenvalue weighted by Crippen LogP contribution is -2.42. The van der Waals surface area contributed by atoms with Crippen molar-refractivity contribution in [1.29, 1.82) is 0 Å². The minimum atomic E-state index is -4.66. The van der Waals surface area contributed by atoms with E-state index in [1.165, 1.54) is 6.07 Å². The van der Waals surface area contributed by atoms with Crippen LogP contribution in [0, 0.1) is 5.82 Å². The maximum atomic E-state index is 13.5. The lowest BCUT2D eigenvalue weighted by molar-refractivity contribution is -0.140. The Balaban J connectivity index is 2.01. The van der Waals surface area contributed by atoms with E-state index in [2.05, 4.69) is 0 Å². The first-order valence-corrected chi connectivity index (χ1v) is 6.80. The average molecular weight is 306 g/mol. The first kappa shape index (κ1) is 16.2. The summed E-state index contributed by atoms with van der Waals surface area (Å²) in [6, 6.07) is 3.07. The summed E-state index contributed by atoms with van der Waals surface area (Å²) in [6.45, 7) is 2.80. The summed E-state index contributed by atoms with van der Waals surface area (Å²) < 4.78 is 56.5. The number of morpholine rings is 1. The molecule has 0 radical (unpaired) electrons. The van der Waals surface area contributed by atoms with Crippen LogP contribution in [0.3, 0.4) is 0 Å². The van der Waals surface area contributed by atoms with Gasteiger partial charge < -0.3 is 10.5 Å². The monoisotopic (exact) mass is 306 g/mol. The van der Waals surface area contributed by atoms with E-state index in [0.717, 1.165) is 18.6 Å². The molecule has 0 saturated carbocycles. The maximum Gasteiger partial charge on any atom is 0.419 e. The first-order valence-electron chi connectivity index (χ1n) is 6.80. The molecule has 0 aromatic heterocycles. The van der Waals surface area contributed by atoms with Crippen molar-refractivity contribution in [3.63, 3.8) is 0 Å². The summed E-state index contributed by atoms with van der Waals surface area (Å²) in [4.78, 5) is 2.03. The molecule has 2 N–H and O–H groups in total. The van der Waals surface area contributed by atoms with Gasteiger partial charge in [0.1, 0.15) is 5.82 Å². The summed E-state index contributed by atoms with van der Waals surface area (Å²) >= 11 is 0. The van der Waals surface area contributed by atoms with Crippen LogP contribution in [0.5, 0.6) is 0 Å². The molecule has 0 unspecified atom stereocenters. The molecule has 0 amide bonds. The van der Waals surface area contributed by atoms with E-state index in [0.29, 0.717) is 38.3 Å². The Bertz CT molecular complexity index is 477. The van der Waals surface area contributed by atoms with Crippen molar-refractivity contribution in [1.82, 2.24) is 4.90 Å². The predicted molar refractivity (Wildman–Crippen MR) is 70.1 cm³/mol. The Hall–Kier alpha value is -1.18. The lowest BCUT2D eigenvalue weighted by Gasteiger charge is -2.32. The molecule has 1 aliphatic rings. The van der Waals surface area contributed by atoms with Gasteiger partial charge >= 0.3 is 6.18 Å². The minimum absolute atomic E-state index is 0.0306. The highest BCUT2D eigenvalue weighted by Gasteiger charge is 2.34. The summed E-state index contributed by atoms with van der Waals surface area (Å²) in [7, 11) is 0. The van der Waals surface area contributed by atoms with Gasteiger partial charge in [0.25, 0.3) is 0 Å². The van der Waals surface area contributed by atoms with Crippen LogP contribution in [-0.4, -0.2) is 37.2 Å². The SMILES string of the molecule is NCC[C@@H]1CN(Cc2ccc(C(F)(F)F)c(F)c2)CCO1. The van der Waals surface area contributed by atoms with Gasteiger partial charge in [-0.25, -0.2) is 4.39 Å². The molecule has 21 heavy (non-hydrogen) atoms. The van der Waals surface area contributed by atoms with Gasteiger partial charge in [0.2, 0.25) is 0 Å². The fourth-order valence-corrected chi connectivity index (χ4v) is 2.43. The topological polar surface area (TPSA) is 38.5 Å². The molecule has 0 bridgehead atoms. The molecule has 1 fully saturated rings. The van der Waals surface area contributed by atoms with Crippen molar-refractivity contribution in [3.05, 3.63) is 35.1 Å². The molecule has 3 nitrogen and oxygen atoms in total. The maximum absolute atomic E-state index is 13.5. The highest BCUT2D eigenvalue weighted by atomic mass is 19.4. The molecular formula is C14H18F4N2O. The van der Waals surface area contributed by atoms with Crippen molar-refractivity contribution in [3.8, 4) is 0 Å². The Morgan fingerprint density at radius 3 is 2.71 bits per heavy atom. The number of hydrogen-bond acceptors (Lipinski definition) is 3. The Morgan fingerprint density at radius 2 is 2.10 bits per heavy atom. The van der Waals surface area contributed by atoms with Crippen LogP contribution in [0.4, 0.5) is 17.6 Å². The van der Waals surface area contributed by atoms with Gasteiger partial charge in [0.05, 0.1) is 18.3 Å². The molecule has 1 heterocycles. The number of halogens is 4. The number of nitrogens with zero attached hydrogens (tertiary/aromatic N) is 1. The third kappa shape index (κ3) is 4.39. The van der Waals surface area contributed by atoms with Gasteiger partial charge in [-0.05, 0) is 30.7 Å². The zero-order chi connectivity index (χ0) is 15.5. The van der Waals surface area contributed by atoms with Gasteiger partial charge in [0.15, 0.2) is 0 Å². The van der Waals surface area contributed by atoms with E-state index in [4.69, 9.17) is 10.5 Å². The summed E-state index contributed by atoms with van der Waals surface area (Å²) in [5.41, 5.74) is 4.77. The van der Waals surface area contributed by atoms with Crippen molar-refractivity contribution in [2.45, 2.75) is 25.2 Å². The van der Waals surface area contributed by atoms with Crippen LogP contribution in [0.2, 0.25) is 0 Å². The van der Waals surface area contributed by atoms with E-state index >= 15 is 0 Å². The molecule has 1 saturated heterocycles. The lowest BCUT2D eigenvalue weighted by atomic mass is 10.1. The van der Waals surface area contributed by atoms with Crippen molar-refractivity contribution >= 4 is 0 Å². The molecule has 7 heteroatoms. The molecule has 0 spiro atoms. The minimum Gasteiger partial charge on any atom is -0.376 e. The molecule has 1 atom stereocenters. The second-order valence-corrected chi connectivity index (χ2v) is 5.12. The van der Waals surface area contributed by atoms with E-state index in [1.807, 2.05) is 4.90 Å². The van der Waals surface area contributed by atoms with Crippen LogP contribution in [0.1, 0.15) is 17.5 Å². The standard InChI is InChI=1S/C14H18F4N2O/c15-13-7-10(1-2-12(13)14(16,17)18)8-20-5-6-21-11(9-20)3-4-19/h1-2,7,11H,3-6,8-9,19H2/t11-/m1/s1. The smallest absolute Gasteiger partial charge is 0.376 e. The number of rotatable bonds is 4. The first-order chi connectivity index (χ1) is 9.90. The van der Waals surface area contributed by atoms with Crippen LogP contribution >= 0.6 is 0 Å². The van der Waals surface area contributed by atoms with Gasteiger partial charge in [-0.2, -0.15) is 13.2 Å². The Labute approximate surface area is 120 Å². The van der Waals surface area contributed by atoms with E-state index in [9.17, 15) is 17.6 Å². The molecule has 1 aromatic rings. The van der Waals surface area contributed by atoms with E-state index in [1.54, 1.807) is 0 Å². The number of alkyl halides is 3. The second-order valence-electron chi connectivity index (χ2n) is 5.12. The third-order valence-corrected chi connectivity index (χ3v) is 3.46. The fourth-order valence-electron chi connectivity index (χ4n) is 2.43. The summed E-state index contributed by atoms with van der Waals surface area (Å²) in [5.74, 6) is -1.23. The van der Waals surface area contributed by atoms with Gasteiger partial charge in [-0.1, -0.05) is 6.07 Å². The van der Waals surface area contributed by atoms with Crippen LogP contribution in [-0.2, 0) is 17.5 Å². The molecule has 118 valence electrons. The molecule has 1 aliphatic heterocycles. The largest absolute Gasteiger partial charge is 0.419 e. The zero-order valence-corrected chi connectivity index (χ0v) is 11.5. The summed E-state index contributed by atoms with van der Waals surface area (Å²) in [5, 5.41) is 0. The number of benzene rings is 1. The van der Waals surface area contributed by atoms with Gasteiger partial charge in [-0.15, -0.1) is 0 Å². The highest BCUT2D eigenvalue weighted by molar-refractivity contribution is 5.26. The van der Waals surface area contributed by atoms with Crippen molar-refractivity contribution < 1.29 is 22.3 Å². The summed E-state index contributed by atoms with van der Waals surface area (Å²) in [6.07, 6.45) is -3.89. The Kier molecular flexibility index (Phi) is 5.18. The number of nitrogens with two attached hydrogens (primary N) is 1. The quantitative estimate of drug-likeness (QED) is 0.868. The average Bonchev–Trinajstić information content (AvgIpc) is 2.38. The van der Waals surface area contributed by atoms with E-state index in [-0.39, 0.29) is 6.10 Å². The normalized spacial score (nSPS) is 20.7. The third-order valence-electron chi connectivity index (χ3n) is 3.46. The molecular weight excluding hydrogens is 288 g/mol. The van der Waals surface area contributed by atoms with Crippen LogP contribution in [0.15, 0.2) is 18.2 Å². The number of hydrogen-bond donors (Lipinski definition) is 1. The number of ether oxygens (including phenoxy) is 1. The highest BCUT2D eigenvalue weighted by Crippen LogP contribution is 2.31. The molecule has 1 aromatic carbocycles. The molecule has 2 rings (SSSR count).